The number of halogens is 2. The van der Waals surface area contributed by atoms with Crippen molar-refractivity contribution >= 4 is 31.9 Å². The first kappa shape index (κ1) is 15.0. The average molecular weight is 387 g/mol. The monoisotopic (exact) mass is 385 g/mol. The van der Waals surface area contributed by atoms with E-state index < -0.39 is 11.5 Å². The number of nitriles is 1. The average Bonchev–Trinajstić information content (AvgIpc) is 2.42. The summed E-state index contributed by atoms with van der Waals surface area (Å²) in [7, 11) is 0. The minimum absolute atomic E-state index is 0.625. The van der Waals surface area contributed by atoms with Crippen LogP contribution in [0.15, 0.2) is 27.1 Å². The van der Waals surface area contributed by atoms with Crippen molar-refractivity contribution in [1.29, 1.82) is 5.26 Å². The number of aliphatic hydroxyl groups excluding tert-OH is 1. The van der Waals surface area contributed by atoms with E-state index in [1.165, 1.54) is 0 Å². The topological polar surface area (TPSA) is 44.0 Å². The smallest absolute Gasteiger partial charge is 0.0976 e. The molecule has 2 nitrogen and oxygen atoms in total. The lowest BCUT2D eigenvalue weighted by molar-refractivity contribution is 0.0266. The van der Waals surface area contributed by atoms with Gasteiger partial charge in [0.05, 0.1) is 17.6 Å². The lowest BCUT2D eigenvalue weighted by Gasteiger charge is -2.37. The van der Waals surface area contributed by atoms with Crippen molar-refractivity contribution < 1.29 is 5.11 Å². The van der Waals surface area contributed by atoms with Gasteiger partial charge in [0, 0.05) is 8.95 Å². The Morgan fingerprint density at radius 2 is 1.95 bits per heavy atom. The summed E-state index contributed by atoms with van der Waals surface area (Å²) in [5.41, 5.74) is 0.186. The minimum Gasteiger partial charge on any atom is -0.387 e. The second-order valence-corrected chi connectivity index (χ2v) is 7.24. The first-order valence-electron chi connectivity index (χ1n) is 6.53. The van der Waals surface area contributed by atoms with Gasteiger partial charge >= 0.3 is 0 Å². The van der Waals surface area contributed by atoms with E-state index in [2.05, 4.69) is 44.9 Å². The van der Waals surface area contributed by atoms with Gasteiger partial charge in [0.2, 0.25) is 0 Å². The van der Waals surface area contributed by atoms with Crippen molar-refractivity contribution in [3.63, 3.8) is 0 Å². The standard InChI is InChI=1S/C15H17Br2NO/c1-10-4-6-15(9-18,7-5-10)14(19)11-2-3-12(16)13(17)8-11/h2-3,8,10,14,19H,4-7H2,1H3. The van der Waals surface area contributed by atoms with Crippen LogP contribution in [0.4, 0.5) is 0 Å². The van der Waals surface area contributed by atoms with E-state index in [1.54, 1.807) is 0 Å². The first-order valence-corrected chi connectivity index (χ1v) is 8.11. The predicted octanol–water partition coefficient (Wildman–Crippen LogP) is 4.97. The summed E-state index contributed by atoms with van der Waals surface area (Å²) in [5, 5.41) is 20.2. The third-order valence-electron chi connectivity index (χ3n) is 4.17. The Balaban J connectivity index is 2.28. The minimum atomic E-state index is -0.714. The van der Waals surface area contributed by atoms with E-state index in [0.29, 0.717) is 5.92 Å². The maximum Gasteiger partial charge on any atom is 0.0976 e. The van der Waals surface area contributed by atoms with Crippen LogP contribution in [0.25, 0.3) is 0 Å². The third kappa shape index (κ3) is 3.04. The summed E-state index contributed by atoms with van der Waals surface area (Å²) < 4.78 is 1.85. The van der Waals surface area contributed by atoms with Crippen LogP contribution in [0.2, 0.25) is 0 Å². The molecule has 1 N–H and O–H groups in total. The highest BCUT2D eigenvalue weighted by Crippen LogP contribution is 2.47. The van der Waals surface area contributed by atoms with Crippen molar-refractivity contribution in [3.8, 4) is 6.07 Å². The van der Waals surface area contributed by atoms with E-state index in [1.807, 2.05) is 18.2 Å². The van der Waals surface area contributed by atoms with E-state index >= 15 is 0 Å². The molecule has 0 aliphatic heterocycles. The Morgan fingerprint density at radius 1 is 1.32 bits per heavy atom. The van der Waals surface area contributed by atoms with Crippen LogP contribution in [0, 0.1) is 22.7 Å². The fourth-order valence-electron chi connectivity index (χ4n) is 2.73. The number of benzene rings is 1. The molecule has 102 valence electrons. The van der Waals surface area contributed by atoms with Crippen molar-refractivity contribution in [2.24, 2.45) is 11.3 Å². The Hall–Kier alpha value is -0.370. The van der Waals surface area contributed by atoms with Crippen LogP contribution in [0.1, 0.15) is 44.3 Å². The lowest BCUT2D eigenvalue weighted by atomic mass is 9.67. The van der Waals surface area contributed by atoms with Crippen LogP contribution in [-0.2, 0) is 0 Å². The zero-order valence-electron chi connectivity index (χ0n) is 10.9. The molecule has 0 bridgehead atoms. The van der Waals surface area contributed by atoms with Gasteiger partial charge < -0.3 is 5.11 Å². The quantitative estimate of drug-likeness (QED) is 0.779. The number of hydrogen-bond acceptors (Lipinski definition) is 2. The number of nitrogens with zero attached hydrogens (tertiary/aromatic N) is 1. The van der Waals surface area contributed by atoms with Crippen molar-refractivity contribution in [2.45, 2.75) is 38.7 Å². The van der Waals surface area contributed by atoms with Crippen LogP contribution < -0.4 is 0 Å². The maximum atomic E-state index is 10.6. The third-order valence-corrected chi connectivity index (χ3v) is 6.05. The van der Waals surface area contributed by atoms with Gasteiger partial charge in [-0.25, -0.2) is 0 Å². The van der Waals surface area contributed by atoms with E-state index in [4.69, 9.17) is 0 Å². The molecule has 1 atom stereocenters. The van der Waals surface area contributed by atoms with Gasteiger partial charge in [-0.05, 0) is 81.2 Å². The second-order valence-electron chi connectivity index (χ2n) is 5.53. The van der Waals surface area contributed by atoms with Gasteiger partial charge in [-0.1, -0.05) is 13.0 Å². The normalized spacial score (nSPS) is 28.7. The molecule has 0 spiro atoms. The molecule has 4 heteroatoms. The molecule has 0 saturated heterocycles. The van der Waals surface area contributed by atoms with Gasteiger partial charge in [0.15, 0.2) is 0 Å². The molecule has 1 aliphatic carbocycles. The molecule has 2 rings (SSSR count). The lowest BCUT2D eigenvalue weighted by Crippen LogP contribution is -2.32. The van der Waals surface area contributed by atoms with Gasteiger partial charge in [-0.3, -0.25) is 0 Å². The predicted molar refractivity (Wildman–Crippen MR) is 82.5 cm³/mol. The fourth-order valence-corrected chi connectivity index (χ4v) is 3.37. The van der Waals surface area contributed by atoms with Crippen LogP contribution in [0.5, 0.6) is 0 Å². The largest absolute Gasteiger partial charge is 0.387 e. The SMILES string of the molecule is CC1CCC(C#N)(C(O)c2ccc(Br)c(Br)c2)CC1. The molecule has 1 fully saturated rings. The molecular weight excluding hydrogens is 370 g/mol. The molecule has 0 heterocycles. The van der Waals surface area contributed by atoms with E-state index in [-0.39, 0.29) is 0 Å². The highest BCUT2D eigenvalue weighted by molar-refractivity contribution is 9.13. The molecule has 1 unspecified atom stereocenters. The van der Waals surface area contributed by atoms with Gasteiger partial charge in [-0.15, -0.1) is 0 Å². The number of rotatable bonds is 2. The molecule has 0 amide bonds. The van der Waals surface area contributed by atoms with E-state index in [0.717, 1.165) is 40.2 Å². The van der Waals surface area contributed by atoms with Crippen molar-refractivity contribution in [3.05, 3.63) is 32.7 Å². The molecule has 1 aliphatic rings. The fraction of sp³-hybridized carbons (Fsp3) is 0.533. The summed E-state index contributed by atoms with van der Waals surface area (Å²) in [6.45, 7) is 2.21. The Bertz CT molecular complexity index is 501. The van der Waals surface area contributed by atoms with Crippen LogP contribution >= 0.6 is 31.9 Å². The van der Waals surface area contributed by atoms with Crippen molar-refractivity contribution in [1.82, 2.24) is 0 Å². The Kier molecular flexibility index (Phi) is 4.70. The molecule has 0 aromatic heterocycles. The van der Waals surface area contributed by atoms with Gasteiger partial charge in [-0.2, -0.15) is 5.26 Å². The highest BCUT2D eigenvalue weighted by Gasteiger charge is 2.41. The van der Waals surface area contributed by atoms with Crippen LogP contribution in [0.3, 0.4) is 0 Å². The maximum absolute atomic E-state index is 10.6. The highest BCUT2D eigenvalue weighted by atomic mass is 79.9. The van der Waals surface area contributed by atoms with Crippen molar-refractivity contribution in [2.75, 3.05) is 0 Å². The molecule has 1 aromatic rings. The number of aliphatic hydroxyl groups is 1. The summed E-state index contributed by atoms with van der Waals surface area (Å²) in [6.07, 6.45) is 2.87. The summed E-state index contributed by atoms with van der Waals surface area (Å²) in [6, 6.07) is 8.08. The zero-order valence-corrected chi connectivity index (χ0v) is 14.0. The Morgan fingerprint density at radius 3 is 2.47 bits per heavy atom. The molecule has 1 aromatic carbocycles. The molecular formula is C15H17Br2NO. The molecule has 1 saturated carbocycles. The van der Waals surface area contributed by atoms with Crippen LogP contribution in [-0.4, -0.2) is 5.11 Å². The van der Waals surface area contributed by atoms with Gasteiger partial charge in [0.1, 0.15) is 0 Å². The van der Waals surface area contributed by atoms with Gasteiger partial charge in [0.25, 0.3) is 0 Å². The zero-order chi connectivity index (χ0) is 14.0. The number of hydrogen-bond donors (Lipinski definition) is 1. The molecule has 19 heavy (non-hydrogen) atoms. The Labute approximate surface area is 131 Å². The van der Waals surface area contributed by atoms with E-state index in [9.17, 15) is 10.4 Å². The second kappa shape index (κ2) is 5.95. The summed E-state index contributed by atoms with van der Waals surface area (Å²) in [5.74, 6) is 0.658. The first-order chi connectivity index (χ1) is 8.98. The summed E-state index contributed by atoms with van der Waals surface area (Å²) in [4.78, 5) is 0. The molecule has 0 radical (unpaired) electrons. The summed E-state index contributed by atoms with van der Waals surface area (Å²) >= 11 is 6.87.